The first-order chi connectivity index (χ1) is 12.1. The Bertz CT molecular complexity index is 696. The van der Waals surface area contributed by atoms with Crippen molar-refractivity contribution in [3.8, 4) is 0 Å². The predicted octanol–water partition coefficient (Wildman–Crippen LogP) is 1.18. The van der Waals surface area contributed by atoms with Gasteiger partial charge in [-0.25, -0.2) is 4.79 Å². The van der Waals surface area contributed by atoms with Gasteiger partial charge in [0, 0.05) is 31.9 Å². The van der Waals surface area contributed by atoms with Crippen LogP contribution >= 0.6 is 0 Å². The van der Waals surface area contributed by atoms with E-state index in [-0.39, 0.29) is 23.9 Å². The number of likely N-dealkylation sites (tertiary alicyclic amines) is 1. The Morgan fingerprint density at radius 3 is 2.50 bits per heavy atom. The van der Waals surface area contributed by atoms with Crippen molar-refractivity contribution in [1.82, 2.24) is 20.4 Å². The minimum absolute atomic E-state index is 0.0249. The molecular weight excluding hydrogens is 336 g/mol. The van der Waals surface area contributed by atoms with Crippen LogP contribution in [0.25, 0.3) is 0 Å². The zero-order valence-electron chi connectivity index (χ0n) is 16.0. The highest BCUT2D eigenvalue weighted by Gasteiger charge is 2.29. The highest BCUT2D eigenvalue weighted by Crippen LogP contribution is 2.17. The van der Waals surface area contributed by atoms with Crippen LogP contribution in [-0.2, 0) is 4.74 Å². The number of nitrogens with zero attached hydrogens (tertiary/aromatic N) is 3. The number of piperidine rings is 1. The van der Waals surface area contributed by atoms with Crippen LogP contribution in [0.1, 0.15) is 55.4 Å². The second-order valence-corrected chi connectivity index (χ2v) is 7.40. The van der Waals surface area contributed by atoms with Crippen LogP contribution in [-0.4, -0.2) is 64.7 Å². The fourth-order valence-electron chi connectivity index (χ4n) is 2.79. The van der Waals surface area contributed by atoms with Gasteiger partial charge in [-0.2, -0.15) is 5.10 Å². The van der Waals surface area contributed by atoms with Crippen LogP contribution < -0.4 is 11.1 Å². The summed E-state index contributed by atoms with van der Waals surface area (Å²) in [5, 5.41) is 9.83. The molecule has 1 aliphatic heterocycles. The SMILES string of the molecule is CN=C(N)c1n[nH]c(C)c1C(=O)NC1CCN(C(=O)OC(C)(C)C)CC1. The second-order valence-electron chi connectivity index (χ2n) is 7.40. The Balaban J connectivity index is 1.95. The Morgan fingerprint density at radius 1 is 1.35 bits per heavy atom. The summed E-state index contributed by atoms with van der Waals surface area (Å²) in [6.45, 7) is 8.36. The Morgan fingerprint density at radius 2 is 1.96 bits per heavy atom. The summed E-state index contributed by atoms with van der Waals surface area (Å²) >= 11 is 0. The van der Waals surface area contributed by atoms with Crippen molar-refractivity contribution in [3.05, 3.63) is 17.0 Å². The molecule has 26 heavy (non-hydrogen) atoms. The molecule has 0 atom stereocenters. The van der Waals surface area contributed by atoms with Gasteiger partial charge in [-0.05, 0) is 40.5 Å². The lowest BCUT2D eigenvalue weighted by atomic mass is 10.0. The highest BCUT2D eigenvalue weighted by atomic mass is 16.6. The predicted molar refractivity (Wildman–Crippen MR) is 98.3 cm³/mol. The number of carbonyl (C=O) groups excluding carboxylic acids is 2. The van der Waals surface area contributed by atoms with Gasteiger partial charge in [0.05, 0.1) is 5.56 Å². The van der Waals surface area contributed by atoms with E-state index in [0.29, 0.717) is 42.9 Å². The molecule has 1 fully saturated rings. The van der Waals surface area contributed by atoms with Gasteiger partial charge >= 0.3 is 6.09 Å². The summed E-state index contributed by atoms with van der Waals surface area (Å²) in [5.41, 5.74) is 6.69. The minimum atomic E-state index is -0.516. The molecule has 2 heterocycles. The average molecular weight is 364 g/mol. The standard InChI is InChI=1S/C17H28N6O3/c1-10-12(13(22-21-10)14(18)19-5)15(24)20-11-6-8-23(9-7-11)16(25)26-17(2,3)4/h11H,6-9H2,1-5H3,(H2,18,19)(H,20,24)(H,21,22). The van der Waals surface area contributed by atoms with E-state index in [9.17, 15) is 9.59 Å². The van der Waals surface area contributed by atoms with E-state index in [1.165, 1.54) is 0 Å². The summed E-state index contributed by atoms with van der Waals surface area (Å²) in [5.74, 6) is -0.0344. The van der Waals surface area contributed by atoms with Crippen LogP contribution in [0.3, 0.4) is 0 Å². The summed E-state index contributed by atoms with van der Waals surface area (Å²) in [4.78, 5) is 30.3. The van der Waals surface area contributed by atoms with Gasteiger partial charge in [-0.1, -0.05) is 0 Å². The van der Waals surface area contributed by atoms with Crippen LogP contribution in [0.4, 0.5) is 4.79 Å². The first kappa shape index (κ1) is 19.7. The fourth-order valence-corrected chi connectivity index (χ4v) is 2.79. The number of aryl methyl sites for hydroxylation is 1. The fraction of sp³-hybridized carbons (Fsp3) is 0.647. The molecule has 0 aromatic carbocycles. The number of aromatic nitrogens is 2. The normalized spacial score (nSPS) is 16.5. The quantitative estimate of drug-likeness (QED) is 0.548. The zero-order chi connectivity index (χ0) is 19.5. The lowest BCUT2D eigenvalue weighted by Gasteiger charge is -2.33. The van der Waals surface area contributed by atoms with Gasteiger partial charge in [0.15, 0.2) is 0 Å². The maximum Gasteiger partial charge on any atom is 0.410 e. The Labute approximate surface area is 153 Å². The largest absolute Gasteiger partial charge is 0.444 e. The van der Waals surface area contributed by atoms with E-state index in [2.05, 4.69) is 20.5 Å². The van der Waals surface area contributed by atoms with Gasteiger partial charge in [0.25, 0.3) is 5.91 Å². The molecule has 0 bridgehead atoms. The molecule has 1 saturated heterocycles. The Hall–Kier alpha value is -2.58. The number of hydrogen-bond acceptors (Lipinski definition) is 5. The maximum absolute atomic E-state index is 12.7. The van der Waals surface area contributed by atoms with Crippen molar-refractivity contribution in [2.75, 3.05) is 20.1 Å². The highest BCUT2D eigenvalue weighted by molar-refractivity contribution is 6.08. The molecule has 0 radical (unpaired) electrons. The third kappa shape index (κ3) is 4.74. The van der Waals surface area contributed by atoms with Crippen molar-refractivity contribution in [3.63, 3.8) is 0 Å². The molecule has 0 unspecified atom stereocenters. The van der Waals surface area contributed by atoms with Crippen molar-refractivity contribution in [2.45, 2.75) is 52.2 Å². The van der Waals surface area contributed by atoms with Crippen LogP contribution in [0.5, 0.6) is 0 Å². The summed E-state index contributed by atoms with van der Waals surface area (Å²) < 4.78 is 5.38. The molecule has 4 N–H and O–H groups in total. The molecule has 2 amide bonds. The van der Waals surface area contributed by atoms with Gasteiger partial charge in [-0.15, -0.1) is 0 Å². The molecule has 9 heteroatoms. The summed E-state index contributed by atoms with van der Waals surface area (Å²) in [6.07, 6.45) is 1.01. The number of amides is 2. The number of ether oxygens (including phenoxy) is 1. The number of carbonyl (C=O) groups is 2. The van der Waals surface area contributed by atoms with Crippen molar-refractivity contribution >= 4 is 17.8 Å². The summed E-state index contributed by atoms with van der Waals surface area (Å²) in [6, 6.07) is -0.0249. The average Bonchev–Trinajstić information content (AvgIpc) is 2.95. The van der Waals surface area contributed by atoms with Crippen LogP contribution in [0.2, 0.25) is 0 Å². The third-order valence-electron chi connectivity index (χ3n) is 4.14. The van der Waals surface area contributed by atoms with Crippen molar-refractivity contribution in [1.29, 1.82) is 0 Å². The van der Waals surface area contributed by atoms with E-state index in [1.54, 1.807) is 18.9 Å². The number of hydrogen-bond donors (Lipinski definition) is 3. The number of aromatic amines is 1. The van der Waals surface area contributed by atoms with E-state index in [1.807, 2.05) is 20.8 Å². The first-order valence-corrected chi connectivity index (χ1v) is 8.68. The number of aliphatic imine (C=N–C) groups is 1. The molecule has 2 rings (SSSR count). The Kier molecular flexibility index (Phi) is 5.89. The number of nitrogens with two attached hydrogens (primary N) is 1. The molecule has 0 aliphatic carbocycles. The van der Waals surface area contributed by atoms with E-state index < -0.39 is 5.60 Å². The third-order valence-corrected chi connectivity index (χ3v) is 4.14. The van der Waals surface area contributed by atoms with Crippen LogP contribution in [0.15, 0.2) is 4.99 Å². The number of rotatable bonds is 3. The van der Waals surface area contributed by atoms with Gasteiger partial charge in [0.1, 0.15) is 17.1 Å². The van der Waals surface area contributed by atoms with Crippen LogP contribution in [0, 0.1) is 6.92 Å². The molecule has 9 nitrogen and oxygen atoms in total. The summed E-state index contributed by atoms with van der Waals surface area (Å²) in [7, 11) is 1.55. The van der Waals surface area contributed by atoms with Gasteiger partial charge < -0.3 is 20.7 Å². The van der Waals surface area contributed by atoms with Crippen molar-refractivity contribution < 1.29 is 14.3 Å². The monoisotopic (exact) mass is 364 g/mol. The number of nitrogens with one attached hydrogen (secondary N) is 2. The number of H-pyrrole nitrogens is 1. The molecule has 0 saturated carbocycles. The molecule has 1 aromatic heterocycles. The number of amidine groups is 1. The molecular formula is C17H28N6O3. The second kappa shape index (κ2) is 7.76. The first-order valence-electron chi connectivity index (χ1n) is 8.68. The van der Waals surface area contributed by atoms with Crippen molar-refractivity contribution in [2.24, 2.45) is 10.7 Å². The minimum Gasteiger partial charge on any atom is -0.444 e. The van der Waals surface area contributed by atoms with Gasteiger partial charge in [-0.3, -0.25) is 14.9 Å². The molecule has 1 aromatic rings. The molecule has 1 aliphatic rings. The van der Waals surface area contributed by atoms with E-state index in [0.717, 1.165) is 0 Å². The van der Waals surface area contributed by atoms with E-state index >= 15 is 0 Å². The van der Waals surface area contributed by atoms with Gasteiger partial charge in [0.2, 0.25) is 0 Å². The molecule has 144 valence electrons. The lowest BCUT2D eigenvalue weighted by Crippen LogP contribution is -2.48. The maximum atomic E-state index is 12.7. The lowest BCUT2D eigenvalue weighted by molar-refractivity contribution is 0.0199. The van der Waals surface area contributed by atoms with E-state index in [4.69, 9.17) is 10.5 Å². The smallest absolute Gasteiger partial charge is 0.410 e. The topological polar surface area (TPSA) is 126 Å². The molecule has 0 spiro atoms. The zero-order valence-corrected chi connectivity index (χ0v) is 16.0.